The predicted octanol–water partition coefficient (Wildman–Crippen LogP) is 19.5. The van der Waals surface area contributed by atoms with E-state index >= 15 is 0 Å². The van der Waals surface area contributed by atoms with E-state index in [1.165, 1.54) is 116 Å². The molecule has 1 unspecified atom stereocenters. The van der Waals surface area contributed by atoms with Crippen LogP contribution in [0.25, 0.3) is 0 Å². The van der Waals surface area contributed by atoms with Crippen molar-refractivity contribution in [1.82, 2.24) is 0 Å². The van der Waals surface area contributed by atoms with Crippen molar-refractivity contribution in [1.29, 1.82) is 0 Å². The van der Waals surface area contributed by atoms with Crippen LogP contribution in [0.3, 0.4) is 0 Å². The molecule has 396 valence electrons. The van der Waals surface area contributed by atoms with Gasteiger partial charge in [-0.2, -0.15) is 0 Å². The number of ether oxygens (including phenoxy) is 3. The lowest BCUT2D eigenvalue weighted by atomic mass is 10.1. The van der Waals surface area contributed by atoms with Gasteiger partial charge in [-0.15, -0.1) is 0 Å². The second-order valence-corrected chi connectivity index (χ2v) is 19.2. The standard InChI is InChI=1S/C63H108O6/c1-4-7-10-13-16-19-22-25-28-29-30-31-32-33-36-38-41-44-47-50-53-56-62(65)68-59-60(69-63(66)57-54-51-48-45-42-39-35-27-24-21-18-15-12-9-6-3)58-67-61(64)55-52-49-46-43-40-37-34-26-23-20-17-14-11-8-5-2/h7,10,16,18-19,21,25-28,30-31,34-35,60H,4-6,8-9,11-15,17,20,22-24,29,32-33,36-59H2,1-3H3/b10-7-,19-16-,21-18-,28-25-,31-30-,34-26-,35-27-. The van der Waals surface area contributed by atoms with E-state index in [1.54, 1.807) is 0 Å². The maximum absolute atomic E-state index is 12.8. The van der Waals surface area contributed by atoms with Crippen molar-refractivity contribution in [3.63, 3.8) is 0 Å². The second kappa shape index (κ2) is 57.2. The van der Waals surface area contributed by atoms with E-state index in [1.807, 2.05) is 0 Å². The Morgan fingerprint density at radius 2 is 0.565 bits per heavy atom. The highest BCUT2D eigenvalue weighted by atomic mass is 16.6. The third kappa shape index (κ3) is 55.4. The molecule has 0 aromatic rings. The van der Waals surface area contributed by atoms with Crippen molar-refractivity contribution in [2.45, 2.75) is 284 Å². The molecule has 0 saturated carbocycles. The van der Waals surface area contributed by atoms with Crippen molar-refractivity contribution >= 4 is 17.9 Å². The molecular weight excluding hydrogens is 853 g/mol. The minimum atomic E-state index is -0.791. The monoisotopic (exact) mass is 961 g/mol. The van der Waals surface area contributed by atoms with Crippen molar-refractivity contribution in [3.8, 4) is 0 Å². The summed E-state index contributed by atoms with van der Waals surface area (Å²) in [6, 6.07) is 0. The number of carbonyl (C=O) groups excluding carboxylic acids is 3. The number of unbranched alkanes of at least 4 members (excludes halogenated alkanes) is 27. The largest absolute Gasteiger partial charge is 0.462 e. The highest BCUT2D eigenvalue weighted by Crippen LogP contribution is 2.15. The maximum Gasteiger partial charge on any atom is 0.306 e. The minimum absolute atomic E-state index is 0.0888. The number of rotatable bonds is 52. The van der Waals surface area contributed by atoms with Gasteiger partial charge in [-0.05, 0) is 116 Å². The molecule has 0 aromatic heterocycles. The van der Waals surface area contributed by atoms with Gasteiger partial charge in [-0.1, -0.05) is 228 Å². The zero-order valence-electron chi connectivity index (χ0n) is 45.3. The van der Waals surface area contributed by atoms with Crippen molar-refractivity contribution in [3.05, 3.63) is 85.1 Å². The topological polar surface area (TPSA) is 78.9 Å². The molecule has 0 bridgehead atoms. The van der Waals surface area contributed by atoms with Gasteiger partial charge in [0.1, 0.15) is 13.2 Å². The average Bonchev–Trinajstić information content (AvgIpc) is 3.35. The molecule has 1 atom stereocenters. The number of hydrogen-bond acceptors (Lipinski definition) is 6. The van der Waals surface area contributed by atoms with Crippen LogP contribution >= 0.6 is 0 Å². The molecule has 0 heterocycles. The predicted molar refractivity (Wildman–Crippen MR) is 297 cm³/mol. The van der Waals surface area contributed by atoms with Gasteiger partial charge in [0.15, 0.2) is 6.10 Å². The molecular formula is C63H108O6. The number of allylic oxidation sites excluding steroid dienone is 14. The minimum Gasteiger partial charge on any atom is -0.462 e. The third-order valence-corrected chi connectivity index (χ3v) is 12.4. The van der Waals surface area contributed by atoms with Gasteiger partial charge in [0, 0.05) is 19.3 Å². The van der Waals surface area contributed by atoms with Crippen LogP contribution < -0.4 is 0 Å². The molecule has 0 fully saturated rings. The van der Waals surface area contributed by atoms with Gasteiger partial charge in [0.25, 0.3) is 0 Å². The highest BCUT2D eigenvalue weighted by Gasteiger charge is 2.19. The van der Waals surface area contributed by atoms with E-state index in [0.29, 0.717) is 19.3 Å². The molecule has 6 heteroatoms. The van der Waals surface area contributed by atoms with Crippen LogP contribution in [0, 0.1) is 0 Å². The molecule has 0 rings (SSSR count). The molecule has 0 saturated heterocycles. The summed E-state index contributed by atoms with van der Waals surface area (Å²) in [5, 5.41) is 0. The molecule has 0 amide bonds. The van der Waals surface area contributed by atoms with E-state index in [2.05, 4.69) is 106 Å². The summed E-state index contributed by atoms with van der Waals surface area (Å²) in [7, 11) is 0. The van der Waals surface area contributed by atoms with Crippen LogP contribution in [0.15, 0.2) is 85.1 Å². The fourth-order valence-corrected chi connectivity index (χ4v) is 7.99. The van der Waals surface area contributed by atoms with Gasteiger partial charge >= 0.3 is 17.9 Å². The first-order chi connectivity index (χ1) is 34.0. The first-order valence-corrected chi connectivity index (χ1v) is 29.1. The van der Waals surface area contributed by atoms with E-state index in [-0.39, 0.29) is 31.1 Å². The third-order valence-electron chi connectivity index (χ3n) is 12.4. The van der Waals surface area contributed by atoms with Gasteiger partial charge in [0.05, 0.1) is 0 Å². The zero-order valence-corrected chi connectivity index (χ0v) is 45.3. The van der Waals surface area contributed by atoms with Crippen LogP contribution in [0.2, 0.25) is 0 Å². The quantitative estimate of drug-likeness (QED) is 0.0262. The molecule has 0 spiro atoms. The number of esters is 3. The van der Waals surface area contributed by atoms with Crippen LogP contribution in [-0.4, -0.2) is 37.2 Å². The van der Waals surface area contributed by atoms with Gasteiger partial charge in [-0.25, -0.2) is 0 Å². The molecule has 6 nitrogen and oxygen atoms in total. The van der Waals surface area contributed by atoms with E-state index in [4.69, 9.17) is 14.2 Å². The lowest BCUT2D eigenvalue weighted by molar-refractivity contribution is -0.167. The van der Waals surface area contributed by atoms with E-state index in [0.717, 1.165) is 122 Å². The van der Waals surface area contributed by atoms with Gasteiger partial charge in [-0.3, -0.25) is 14.4 Å². The second-order valence-electron chi connectivity index (χ2n) is 19.2. The van der Waals surface area contributed by atoms with Crippen LogP contribution in [0.1, 0.15) is 278 Å². The molecule has 69 heavy (non-hydrogen) atoms. The fraction of sp³-hybridized carbons (Fsp3) is 0.730. The Morgan fingerprint density at radius 3 is 0.928 bits per heavy atom. The van der Waals surface area contributed by atoms with Gasteiger partial charge in [0.2, 0.25) is 0 Å². The summed E-state index contributed by atoms with van der Waals surface area (Å²) in [5.74, 6) is -0.912. The maximum atomic E-state index is 12.8. The average molecular weight is 962 g/mol. The van der Waals surface area contributed by atoms with Crippen LogP contribution in [0.5, 0.6) is 0 Å². The summed E-state index contributed by atoms with van der Waals surface area (Å²) in [6.45, 7) is 6.48. The first-order valence-electron chi connectivity index (χ1n) is 29.1. The Balaban J connectivity index is 4.40. The smallest absolute Gasteiger partial charge is 0.306 e. The Labute approximate surface area is 426 Å². The van der Waals surface area contributed by atoms with Gasteiger partial charge < -0.3 is 14.2 Å². The Bertz CT molecular complexity index is 1330. The summed E-state index contributed by atoms with van der Waals surface area (Å²) in [6.07, 6.45) is 74.2. The Morgan fingerprint density at radius 1 is 0.304 bits per heavy atom. The summed E-state index contributed by atoms with van der Waals surface area (Å²) < 4.78 is 16.9. The highest BCUT2D eigenvalue weighted by molar-refractivity contribution is 5.71. The fourth-order valence-electron chi connectivity index (χ4n) is 7.99. The summed E-state index contributed by atoms with van der Waals surface area (Å²) >= 11 is 0. The number of hydrogen-bond donors (Lipinski definition) is 0. The lowest BCUT2D eigenvalue weighted by Gasteiger charge is -2.18. The normalized spacial score (nSPS) is 12.7. The van der Waals surface area contributed by atoms with Crippen molar-refractivity contribution in [2.75, 3.05) is 13.2 Å². The summed E-state index contributed by atoms with van der Waals surface area (Å²) in [5.41, 5.74) is 0. The SMILES string of the molecule is CC/C=C\C/C=C\C/C=C\C/C=C\CCCCCCCCCCC(=O)OCC(COC(=O)CCCCCCC/C=C\CCCCCCCC)OC(=O)CCCCCCC/C=C\C/C=C\CCCCC. The lowest BCUT2D eigenvalue weighted by Crippen LogP contribution is -2.30. The first kappa shape index (κ1) is 65.6. The number of carbonyl (C=O) groups is 3. The van der Waals surface area contributed by atoms with Crippen LogP contribution in [-0.2, 0) is 28.6 Å². The zero-order chi connectivity index (χ0) is 50.0. The Hall–Kier alpha value is -3.41. The molecule has 0 N–H and O–H groups in total. The van der Waals surface area contributed by atoms with Crippen molar-refractivity contribution in [2.24, 2.45) is 0 Å². The molecule has 0 radical (unpaired) electrons. The van der Waals surface area contributed by atoms with E-state index in [9.17, 15) is 14.4 Å². The summed E-state index contributed by atoms with van der Waals surface area (Å²) in [4.78, 5) is 38.2. The Kier molecular flexibility index (Phi) is 54.3. The molecule has 0 aliphatic carbocycles. The van der Waals surface area contributed by atoms with Crippen molar-refractivity contribution < 1.29 is 28.6 Å². The molecule has 0 aromatic carbocycles. The van der Waals surface area contributed by atoms with Crippen LogP contribution in [0.4, 0.5) is 0 Å². The molecule has 0 aliphatic rings. The molecule has 0 aliphatic heterocycles. The van der Waals surface area contributed by atoms with E-state index < -0.39 is 6.10 Å².